The Balaban J connectivity index is 1.45. The van der Waals surface area contributed by atoms with Gasteiger partial charge in [-0.15, -0.1) is 0 Å². The fraction of sp³-hybridized carbons (Fsp3) is 0.667. The van der Waals surface area contributed by atoms with Crippen molar-refractivity contribution < 1.29 is 4.74 Å². The summed E-state index contributed by atoms with van der Waals surface area (Å²) in [7, 11) is 2.31. The lowest BCUT2D eigenvalue weighted by Gasteiger charge is -2.36. The van der Waals surface area contributed by atoms with E-state index in [1.54, 1.807) is 0 Å². The first-order chi connectivity index (χ1) is 10.3. The van der Waals surface area contributed by atoms with E-state index in [1.165, 1.54) is 31.2 Å². The van der Waals surface area contributed by atoms with Crippen LogP contribution in [0.5, 0.6) is 5.75 Å². The summed E-state index contributed by atoms with van der Waals surface area (Å²) >= 11 is 0. The van der Waals surface area contributed by atoms with Gasteiger partial charge in [0.05, 0.1) is 6.61 Å². The first-order valence-corrected chi connectivity index (χ1v) is 8.40. The van der Waals surface area contributed by atoms with Crippen LogP contribution in [0.25, 0.3) is 0 Å². The maximum absolute atomic E-state index is 5.56. The molecule has 116 valence electrons. The van der Waals surface area contributed by atoms with E-state index in [0.717, 1.165) is 43.4 Å². The van der Waals surface area contributed by atoms with Gasteiger partial charge in [0, 0.05) is 18.6 Å². The van der Waals surface area contributed by atoms with Crippen LogP contribution in [0, 0.1) is 5.92 Å². The lowest BCUT2D eigenvalue weighted by molar-refractivity contribution is 0.133. The molecule has 0 amide bonds. The van der Waals surface area contributed by atoms with Crippen molar-refractivity contribution in [2.24, 2.45) is 5.92 Å². The second kappa shape index (κ2) is 6.80. The molecule has 2 aliphatic heterocycles. The van der Waals surface area contributed by atoms with Crippen molar-refractivity contribution in [1.82, 2.24) is 10.2 Å². The van der Waals surface area contributed by atoms with Crippen LogP contribution in [0.1, 0.15) is 38.2 Å². The zero-order valence-electron chi connectivity index (χ0n) is 13.3. The van der Waals surface area contributed by atoms with Crippen LogP contribution >= 0.6 is 0 Å². The molecule has 0 radical (unpaired) electrons. The molecule has 21 heavy (non-hydrogen) atoms. The first kappa shape index (κ1) is 14.9. The van der Waals surface area contributed by atoms with Crippen molar-refractivity contribution in [1.29, 1.82) is 0 Å². The summed E-state index contributed by atoms with van der Waals surface area (Å²) < 4.78 is 5.56. The molecule has 2 unspecified atom stereocenters. The second-order valence-corrected chi connectivity index (χ2v) is 6.60. The van der Waals surface area contributed by atoms with E-state index in [4.69, 9.17) is 4.74 Å². The molecule has 1 aromatic carbocycles. The topological polar surface area (TPSA) is 24.5 Å². The molecule has 0 aromatic heterocycles. The molecular weight excluding hydrogens is 260 g/mol. The number of hydrogen-bond donors (Lipinski definition) is 1. The summed E-state index contributed by atoms with van der Waals surface area (Å²) in [5, 5.41) is 3.65. The highest BCUT2D eigenvalue weighted by molar-refractivity contribution is 5.28. The molecule has 0 saturated carbocycles. The zero-order chi connectivity index (χ0) is 14.7. The minimum absolute atomic E-state index is 0.731. The average Bonchev–Trinajstić information content (AvgIpc) is 2.71. The Bertz CT molecular complexity index is 448. The maximum Gasteiger partial charge on any atom is 0.119 e. The van der Waals surface area contributed by atoms with E-state index in [2.05, 4.69) is 35.5 Å². The third-order valence-electron chi connectivity index (χ3n) is 5.17. The molecule has 2 saturated heterocycles. The van der Waals surface area contributed by atoms with E-state index < -0.39 is 0 Å². The molecule has 2 heterocycles. The van der Waals surface area contributed by atoms with Gasteiger partial charge in [0.15, 0.2) is 0 Å². The van der Waals surface area contributed by atoms with Crippen molar-refractivity contribution in [3.05, 3.63) is 29.8 Å². The normalized spacial score (nSPS) is 28.8. The largest absolute Gasteiger partial charge is 0.494 e. The smallest absolute Gasteiger partial charge is 0.119 e. The zero-order valence-corrected chi connectivity index (χ0v) is 13.3. The Kier molecular flexibility index (Phi) is 4.81. The van der Waals surface area contributed by atoms with Gasteiger partial charge < -0.3 is 15.0 Å². The molecule has 2 bridgehead atoms. The number of benzene rings is 1. The predicted octanol–water partition coefficient (Wildman–Crippen LogP) is 3.05. The molecule has 2 fully saturated rings. The van der Waals surface area contributed by atoms with Crippen LogP contribution < -0.4 is 10.1 Å². The van der Waals surface area contributed by atoms with Gasteiger partial charge >= 0.3 is 0 Å². The van der Waals surface area contributed by atoms with Gasteiger partial charge in [-0.25, -0.2) is 0 Å². The standard InChI is InChI=1S/C18H28N2O/c1-3-21-18-6-4-5-14(11-18)12-19-13-15-9-16-7-8-17(10-15)20(16)2/h4-6,11,15-17,19H,3,7-10,12-13H2,1-2H3. The Hall–Kier alpha value is -1.06. The van der Waals surface area contributed by atoms with Gasteiger partial charge in [0.1, 0.15) is 5.75 Å². The van der Waals surface area contributed by atoms with Gasteiger partial charge in [0.2, 0.25) is 0 Å². The Morgan fingerprint density at radius 2 is 2.00 bits per heavy atom. The highest BCUT2D eigenvalue weighted by Crippen LogP contribution is 2.37. The summed E-state index contributed by atoms with van der Waals surface area (Å²) in [5.74, 6) is 1.84. The van der Waals surface area contributed by atoms with Crippen molar-refractivity contribution in [3.8, 4) is 5.75 Å². The SMILES string of the molecule is CCOc1cccc(CNCC2CC3CCC(C2)N3C)c1. The molecule has 2 aliphatic rings. The minimum Gasteiger partial charge on any atom is -0.494 e. The molecule has 2 atom stereocenters. The summed E-state index contributed by atoms with van der Waals surface area (Å²) in [5.41, 5.74) is 1.32. The second-order valence-electron chi connectivity index (χ2n) is 6.60. The van der Waals surface area contributed by atoms with Gasteiger partial charge in [-0.1, -0.05) is 12.1 Å². The quantitative estimate of drug-likeness (QED) is 0.871. The van der Waals surface area contributed by atoms with Crippen molar-refractivity contribution in [2.45, 2.75) is 51.2 Å². The lowest BCUT2D eigenvalue weighted by atomic mass is 9.91. The van der Waals surface area contributed by atoms with Crippen LogP contribution in [-0.2, 0) is 6.54 Å². The lowest BCUT2D eigenvalue weighted by Crippen LogP contribution is -2.42. The van der Waals surface area contributed by atoms with Crippen LogP contribution in [0.3, 0.4) is 0 Å². The molecule has 1 N–H and O–H groups in total. The van der Waals surface area contributed by atoms with Crippen molar-refractivity contribution in [2.75, 3.05) is 20.2 Å². The van der Waals surface area contributed by atoms with Crippen LogP contribution in [0.2, 0.25) is 0 Å². The van der Waals surface area contributed by atoms with E-state index >= 15 is 0 Å². The van der Waals surface area contributed by atoms with Gasteiger partial charge in [-0.3, -0.25) is 0 Å². The minimum atomic E-state index is 0.731. The number of nitrogens with one attached hydrogen (secondary N) is 1. The first-order valence-electron chi connectivity index (χ1n) is 8.40. The summed E-state index contributed by atoms with van der Waals surface area (Å²) in [4.78, 5) is 2.61. The number of piperidine rings is 1. The fourth-order valence-electron chi connectivity index (χ4n) is 4.02. The monoisotopic (exact) mass is 288 g/mol. The summed E-state index contributed by atoms with van der Waals surface area (Å²) in [6.07, 6.45) is 5.57. The highest BCUT2D eigenvalue weighted by atomic mass is 16.5. The molecule has 3 heteroatoms. The number of nitrogens with zero attached hydrogens (tertiary/aromatic N) is 1. The van der Waals surface area contributed by atoms with Crippen LogP contribution in [0.4, 0.5) is 0 Å². The number of hydrogen-bond acceptors (Lipinski definition) is 3. The highest BCUT2D eigenvalue weighted by Gasteiger charge is 2.37. The Labute approximate surface area is 128 Å². The molecule has 0 spiro atoms. The van der Waals surface area contributed by atoms with E-state index in [1.807, 2.05) is 13.0 Å². The van der Waals surface area contributed by atoms with E-state index in [9.17, 15) is 0 Å². The van der Waals surface area contributed by atoms with Crippen molar-refractivity contribution >= 4 is 0 Å². The van der Waals surface area contributed by atoms with Gasteiger partial charge in [0.25, 0.3) is 0 Å². The molecular formula is C18H28N2O. The average molecular weight is 288 g/mol. The van der Waals surface area contributed by atoms with Gasteiger partial charge in [-0.2, -0.15) is 0 Å². The van der Waals surface area contributed by atoms with Crippen LogP contribution in [0.15, 0.2) is 24.3 Å². The molecule has 0 aliphatic carbocycles. The number of fused-ring (bicyclic) bond motifs is 2. The van der Waals surface area contributed by atoms with E-state index in [-0.39, 0.29) is 0 Å². The Morgan fingerprint density at radius 1 is 1.24 bits per heavy atom. The number of ether oxygens (including phenoxy) is 1. The third kappa shape index (κ3) is 3.58. The molecule has 3 nitrogen and oxygen atoms in total. The summed E-state index contributed by atoms with van der Waals surface area (Å²) in [6, 6.07) is 10.1. The molecule has 1 aromatic rings. The van der Waals surface area contributed by atoms with Crippen LogP contribution in [-0.4, -0.2) is 37.2 Å². The molecule has 3 rings (SSSR count). The third-order valence-corrected chi connectivity index (χ3v) is 5.17. The number of rotatable bonds is 6. The van der Waals surface area contributed by atoms with E-state index in [0.29, 0.717) is 0 Å². The Morgan fingerprint density at radius 3 is 2.71 bits per heavy atom. The van der Waals surface area contributed by atoms with Gasteiger partial charge in [-0.05, 0) is 69.8 Å². The predicted molar refractivity (Wildman–Crippen MR) is 86.6 cm³/mol. The fourth-order valence-corrected chi connectivity index (χ4v) is 4.02. The summed E-state index contributed by atoms with van der Waals surface area (Å²) in [6.45, 7) is 4.86. The maximum atomic E-state index is 5.56. The van der Waals surface area contributed by atoms with Crippen molar-refractivity contribution in [3.63, 3.8) is 0 Å².